The van der Waals surface area contributed by atoms with Crippen LogP contribution < -0.4 is 10.3 Å². The van der Waals surface area contributed by atoms with Gasteiger partial charge < -0.3 is 4.74 Å². The normalized spacial score (nSPS) is 13.4. The Kier molecular flexibility index (Phi) is 3.27. The molecule has 0 unspecified atom stereocenters. The van der Waals surface area contributed by atoms with Crippen molar-refractivity contribution in [2.24, 2.45) is 10.2 Å². The van der Waals surface area contributed by atoms with Gasteiger partial charge in [0.15, 0.2) is 0 Å². The molecule has 4 rings (SSSR count). The van der Waals surface area contributed by atoms with Crippen molar-refractivity contribution in [2.75, 3.05) is 7.11 Å². The molecule has 0 amide bonds. The van der Waals surface area contributed by atoms with Gasteiger partial charge in [-0.15, -0.1) is 10.2 Å². The molecule has 3 aromatic rings. The van der Waals surface area contributed by atoms with Gasteiger partial charge in [-0.3, -0.25) is 0 Å². The lowest BCUT2D eigenvalue weighted by Crippen LogP contribution is -2.14. The molecule has 0 saturated carbocycles. The first-order valence-electron chi connectivity index (χ1n) is 7.35. The summed E-state index contributed by atoms with van der Waals surface area (Å²) in [7, 11) is 1.65. The van der Waals surface area contributed by atoms with Crippen LogP contribution in [0.5, 0.6) is 5.75 Å². The van der Waals surface area contributed by atoms with Crippen molar-refractivity contribution in [3.05, 3.63) is 77.9 Å². The summed E-state index contributed by atoms with van der Waals surface area (Å²) in [4.78, 5) is 0. The molecule has 0 fully saturated rings. The monoisotopic (exact) mass is 300 g/mol. The van der Waals surface area contributed by atoms with E-state index in [9.17, 15) is 0 Å². The first-order chi connectivity index (χ1) is 11.4. The van der Waals surface area contributed by atoms with Crippen molar-refractivity contribution in [3.63, 3.8) is 0 Å². The maximum absolute atomic E-state index is 5.21. The lowest BCUT2D eigenvalue weighted by atomic mass is 9.95. The van der Waals surface area contributed by atoms with Gasteiger partial charge in [0.1, 0.15) is 17.2 Å². The second-order valence-electron chi connectivity index (χ2n) is 5.24. The van der Waals surface area contributed by atoms with E-state index in [-0.39, 0.29) is 0 Å². The highest BCUT2D eigenvalue weighted by atomic mass is 16.5. The van der Waals surface area contributed by atoms with Crippen molar-refractivity contribution in [2.45, 2.75) is 0 Å². The molecule has 4 heteroatoms. The molecular formula is C19H14N3O. The molecule has 0 saturated heterocycles. The quantitative estimate of drug-likeness (QED) is 0.729. The van der Waals surface area contributed by atoms with Crippen LogP contribution in [0.3, 0.4) is 0 Å². The molecule has 0 aromatic heterocycles. The minimum absolute atomic E-state index is 0.781. The van der Waals surface area contributed by atoms with Gasteiger partial charge in [-0.2, -0.15) is 0 Å². The molecule has 1 aliphatic heterocycles. The van der Waals surface area contributed by atoms with Gasteiger partial charge in [0.2, 0.25) is 0 Å². The Morgan fingerprint density at radius 3 is 2.30 bits per heavy atom. The van der Waals surface area contributed by atoms with Crippen LogP contribution in [0.1, 0.15) is 11.1 Å². The number of ether oxygens (including phenoxy) is 1. The van der Waals surface area contributed by atoms with Crippen molar-refractivity contribution in [1.29, 1.82) is 0 Å². The molecule has 3 aromatic carbocycles. The molecule has 0 bridgehead atoms. The standard InChI is InChI=1S/C19H14N3O/c1-23-15-11-9-14(10-12-15)18-19(21-22-20-18)17-8-4-6-13-5-2-3-7-16(13)17/h2-12H,1H3. The smallest absolute Gasteiger partial charge is 0.124 e. The minimum Gasteiger partial charge on any atom is -0.497 e. The lowest BCUT2D eigenvalue weighted by molar-refractivity contribution is 0.415. The fourth-order valence-electron chi connectivity index (χ4n) is 2.76. The summed E-state index contributed by atoms with van der Waals surface area (Å²) in [6.07, 6.45) is 0. The zero-order valence-electron chi connectivity index (χ0n) is 12.6. The second-order valence-corrected chi connectivity index (χ2v) is 5.24. The van der Waals surface area contributed by atoms with Crippen LogP contribution >= 0.6 is 0 Å². The maximum Gasteiger partial charge on any atom is 0.124 e. The fraction of sp³-hybridized carbons (Fsp3) is 0.0526. The van der Waals surface area contributed by atoms with E-state index in [1.165, 1.54) is 5.39 Å². The molecule has 23 heavy (non-hydrogen) atoms. The Labute approximate surface area is 134 Å². The van der Waals surface area contributed by atoms with Crippen molar-refractivity contribution >= 4 is 22.2 Å². The average molecular weight is 300 g/mol. The Morgan fingerprint density at radius 1 is 0.739 bits per heavy atom. The third-order valence-corrected chi connectivity index (χ3v) is 3.92. The summed E-state index contributed by atoms with van der Waals surface area (Å²) >= 11 is 0. The van der Waals surface area contributed by atoms with E-state index < -0.39 is 0 Å². The van der Waals surface area contributed by atoms with Crippen molar-refractivity contribution in [1.82, 2.24) is 5.53 Å². The van der Waals surface area contributed by atoms with Gasteiger partial charge in [-0.25, -0.2) is 0 Å². The van der Waals surface area contributed by atoms with Crippen LogP contribution in [-0.4, -0.2) is 18.5 Å². The summed E-state index contributed by atoms with van der Waals surface area (Å²) < 4.78 is 5.21. The number of hydrogen-bond acceptors (Lipinski definition) is 3. The summed E-state index contributed by atoms with van der Waals surface area (Å²) in [5.41, 5.74) is 7.48. The maximum atomic E-state index is 5.21. The van der Waals surface area contributed by atoms with Gasteiger partial charge in [0.25, 0.3) is 0 Å². The molecule has 4 nitrogen and oxygen atoms in total. The Balaban J connectivity index is 1.80. The molecule has 1 aliphatic rings. The summed E-state index contributed by atoms with van der Waals surface area (Å²) in [6.45, 7) is 0. The number of fused-ring (bicyclic) bond motifs is 1. The Hall–Kier alpha value is -3.14. The summed E-state index contributed by atoms with van der Waals surface area (Å²) in [6, 6.07) is 22.2. The molecule has 1 radical (unpaired) electrons. The first-order valence-corrected chi connectivity index (χ1v) is 7.35. The van der Waals surface area contributed by atoms with Crippen LogP contribution in [0, 0.1) is 0 Å². The van der Waals surface area contributed by atoms with Gasteiger partial charge in [-0.1, -0.05) is 42.5 Å². The van der Waals surface area contributed by atoms with Crippen LogP contribution in [-0.2, 0) is 0 Å². The van der Waals surface area contributed by atoms with Crippen LogP contribution in [0.4, 0.5) is 0 Å². The molecular weight excluding hydrogens is 286 g/mol. The van der Waals surface area contributed by atoms with Crippen molar-refractivity contribution < 1.29 is 4.74 Å². The highest BCUT2D eigenvalue weighted by Gasteiger charge is 2.21. The van der Waals surface area contributed by atoms with E-state index >= 15 is 0 Å². The van der Waals surface area contributed by atoms with Gasteiger partial charge >= 0.3 is 0 Å². The van der Waals surface area contributed by atoms with Crippen molar-refractivity contribution in [3.8, 4) is 5.75 Å². The van der Waals surface area contributed by atoms with Crippen LogP contribution in [0.15, 0.2) is 76.9 Å². The zero-order chi connectivity index (χ0) is 15.6. The first kappa shape index (κ1) is 13.5. The largest absolute Gasteiger partial charge is 0.497 e. The molecule has 111 valence electrons. The topological polar surface area (TPSA) is 48.0 Å². The molecule has 0 aliphatic carbocycles. The minimum atomic E-state index is 0.781. The molecule has 0 atom stereocenters. The van der Waals surface area contributed by atoms with E-state index in [2.05, 4.69) is 40.0 Å². The van der Waals surface area contributed by atoms with E-state index in [0.717, 1.165) is 33.7 Å². The zero-order valence-corrected chi connectivity index (χ0v) is 12.6. The van der Waals surface area contributed by atoms with E-state index in [1.807, 2.05) is 42.5 Å². The van der Waals surface area contributed by atoms with Gasteiger partial charge in [0.05, 0.1) is 7.11 Å². The van der Waals surface area contributed by atoms with Crippen LogP contribution in [0.25, 0.3) is 10.8 Å². The number of nitrogens with zero attached hydrogens (tertiary/aromatic N) is 3. The molecule has 0 N–H and O–H groups in total. The third kappa shape index (κ3) is 2.34. The van der Waals surface area contributed by atoms with E-state index in [1.54, 1.807) is 7.11 Å². The Bertz CT molecular complexity index is 922. The number of rotatable bonds is 3. The highest BCUT2D eigenvalue weighted by molar-refractivity contribution is 6.55. The predicted octanol–water partition coefficient (Wildman–Crippen LogP) is 3.57. The lowest BCUT2D eigenvalue weighted by Gasteiger charge is -2.08. The SMILES string of the molecule is COc1ccc(C2=N[N]N=C2c2cccc3ccccc23)cc1. The van der Waals surface area contributed by atoms with E-state index in [0.29, 0.717) is 0 Å². The van der Waals surface area contributed by atoms with Gasteiger partial charge in [-0.05, 0) is 40.6 Å². The third-order valence-electron chi connectivity index (χ3n) is 3.92. The molecule has 0 spiro atoms. The number of hydrogen-bond donors (Lipinski definition) is 0. The average Bonchev–Trinajstić information content (AvgIpc) is 3.11. The van der Waals surface area contributed by atoms with Crippen LogP contribution in [0.2, 0.25) is 0 Å². The summed E-state index contributed by atoms with van der Waals surface area (Å²) in [5, 5.41) is 10.8. The number of benzene rings is 3. The predicted molar refractivity (Wildman–Crippen MR) is 92.2 cm³/mol. The molecule has 1 heterocycles. The summed E-state index contributed by atoms with van der Waals surface area (Å²) in [5.74, 6) is 0.813. The number of methoxy groups -OCH3 is 1. The Morgan fingerprint density at radius 2 is 1.48 bits per heavy atom. The highest BCUT2D eigenvalue weighted by Crippen LogP contribution is 2.23. The van der Waals surface area contributed by atoms with Gasteiger partial charge in [0, 0.05) is 11.1 Å². The fourth-order valence-corrected chi connectivity index (χ4v) is 2.76. The second kappa shape index (κ2) is 5.57. The van der Waals surface area contributed by atoms with E-state index in [4.69, 9.17) is 4.74 Å².